The van der Waals surface area contributed by atoms with Crippen LogP contribution in [0.1, 0.15) is 22.3 Å². The topological polar surface area (TPSA) is 23.6 Å². The molecule has 2 bridgehead atoms. The van der Waals surface area contributed by atoms with Crippen molar-refractivity contribution in [3.63, 3.8) is 0 Å². The summed E-state index contributed by atoms with van der Waals surface area (Å²) in [6.45, 7) is 4.16. The quantitative estimate of drug-likeness (QED) is 0.635. The van der Waals surface area contributed by atoms with Gasteiger partial charge in [-0.05, 0) is 25.5 Å². The molecule has 3 nitrogen and oxygen atoms in total. The van der Waals surface area contributed by atoms with Crippen LogP contribution >= 0.6 is 0 Å². The van der Waals surface area contributed by atoms with E-state index in [0.29, 0.717) is 12.1 Å². The van der Waals surface area contributed by atoms with Crippen molar-refractivity contribution in [2.24, 2.45) is 0 Å². The molecule has 0 amide bonds. The van der Waals surface area contributed by atoms with E-state index in [1.165, 1.54) is 17.7 Å². The van der Waals surface area contributed by atoms with Gasteiger partial charge in [0.15, 0.2) is 5.78 Å². The number of allylic oxidation sites excluding steroid dienone is 1. The number of carbonyl (C=O) groups is 1. The van der Waals surface area contributed by atoms with Crippen molar-refractivity contribution in [3.8, 4) is 0 Å². The number of piperazine rings is 1. The fourth-order valence-electron chi connectivity index (χ4n) is 3.79. The van der Waals surface area contributed by atoms with E-state index in [9.17, 15) is 4.79 Å². The zero-order valence-corrected chi connectivity index (χ0v) is 13.9. The van der Waals surface area contributed by atoms with E-state index < -0.39 is 0 Å². The largest absolute Gasteiger partial charge is 0.370 e. The van der Waals surface area contributed by atoms with Crippen LogP contribution in [0.25, 0.3) is 0 Å². The number of rotatable bonds is 4. The fraction of sp³-hybridized carbons (Fsp3) is 0.286. The number of ketones is 1. The number of hydrogen-bond donors (Lipinski definition) is 0. The molecular formula is C21H22N2O. The highest BCUT2D eigenvalue weighted by atomic mass is 16.1. The molecule has 0 N–H and O–H groups in total. The highest BCUT2D eigenvalue weighted by Gasteiger charge is 2.41. The van der Waals surface area contributed by atoms with E-state index in [0.717, 1.165) is 18.7 Å². The van der Waals surface area contributed by atoms with E-state index in [2.05, 4.69) is 41.0 Å². The Morgan fingerprint density at radius 1 is 1.00 bits per heavy atom. The van der Waals surface area contributed by atoms with E-state index in [-0.39, 0.29) is 5.78 Å². The Labute approximate surface area is 143 Å². The van der Waals surface area contributed by atoms with Crippen molar-refractivity contribution < 1.29 is 4.79 Å². The molecule has 0 unspecified atom stereocenters. The smallest absolute Gasteiger partial charge is 0.187 e. The van der Waals surface area contributed by atoms with Crippen LogP contribution in [0, 0.1) is 6.92 Å². The summed E-state index contributed by atoms with van der Waals surface area (Å²) in [5.74, 6) is 0.0776. The second kappa shape index (κ2) is 6.16. The maximum Gasteiger partial charge on any atom is 0.187 e. The average molecular weight is 318 g/mol. The minimum absolute atomic E-state index is 0.0776. The van der Waals surface area contributed by atoms with Crippen molar-refractivity contribution in [2.45, 2.75) is 25.4 Å². The van der Waals surface area contributed by atoms with Gasteiger partial charge in [-0.15, -0.1) is 0 Å². The number of nitrogens with zero attached hydrogens (tertiary/aromatic N) is 2. The van der Waals surface area contributed by atoms with Gasteiger partial charge >= 0.3 is 0 Å². The van der Waals surface area contributed by atoms with Crippen LogP contribution in [0.3, 0.4) is 0 Å². The number of hydrogen-bond acceptors (Lipinski definition) is 3. The molecule has 2 aliphatic rings. The van der Waals surface area contributed by atoms with E-state index in [1.54, 1.807) is 6.08 Å². The Bertz CT molecular complexity index is 751. The van der Waals surface area contributed by atoms with E-state index >= 15 is 0 Å². The van der Waals surface area contributed by atoms with Crippen molar-refractivity contribution in [3.05, 3.63) is 78.0 Å². The van der Waals surface area contributed by atoms with Gasteiger partial charge in [0.2, 0.25) is 0 Å². The van der Waals surface area contributed by atoms with Gasteiger partial charge < -0.3 is 9.80 Å². The van der Waals surface area contributed by atoms with Crippen LogP contribution in [0.2, 0.25) is 0 Å². The lowest BCUT2D eigenvalue weighted by Crippen LogP contribution is -2.44. The molecule has 122 valence electrons. The van der Waals surface area contributed by atoms with Gasteiger partial charge in [-0.1, -0.05) is 48.0 Å². The monoisotopic (exact) mass is 318 g/mol. The molecule has 2 saturated heterocycles. The number of benzene rings is 2. The second-order valence-corrected chi connectivity index (χ2v) is 6.77. The molecule has 24 heavy (non-hydrogen) atoms. The number of aryl methyl sites for hydroxylation is 1. The fourth-order valence-corrected chi connectivity index (χ4v) is 3.79. The Hall–Kier alpha value is -2.55. The van der Waals surface area contributed by atoms with Crippen LogP contribution < -0.4 is 4.90 Å². The highest BCUT2D eigenvalue weighted by Crippen LogP contribution is 2.34. The van der Waals surface area contributed by atoms with Crippen LogP contribution in [0.5, 0.6) is 0 Å². The van der Waals surface area contributed by atoms with Gasteiger partial charge in [-0.2, -0.15) is 0 Å². The highest BCUT2D eigenvalue weighted by molar-refractivity contribution is 6.04. The first-order valence-electron chi connectivity index (χ1n) is 8.57. The molecule has 2 atom stereocenters. The summed E-state index contributed by atoms with van der Waals surface area (Å²) in [5.41, 5.74) is 3.36. The third kappa shape index (κ3) is 2.82. The number of anilines is 1. The molecule has 2 fully saturated rings. The lowest BCUT2D eigenvalue weighted by molar-refractivity contribution is 0.104. The van der Waals surface area contributed by atoms with Gasteiger partial charge in [-0.25, -0.2) is 0 Å². The lowest BCUT2D eigenvalue weighted by Gasteiger charge is -2.35. The minimum atomic E-state index is 0.0776. The molecule has 0 aliphatic carbocycles. The molecule has 2 aliphatic heterocycles. The van der Waals surface area contributed by atoms with E-state index in [1.807, 2.05) is 36.5 Å². The molecule has 3 heteroatoms. The van der Waals surface area contributed by atoms with Crippen LogP contribution in [0.4, 0.5) is 5.69 Å². The van der Waals surface area contributed by atoms with Crippen LogP contribution in [-0.2, 0) is 0 Å². The molecule has 0 aromatic heterocycles. The summed E-state index contributed by atoms with van der Waals surface area (Å²) in [7, 11) is 0. The Morgan fingerprint density at radius 3 is 2.42 bits per heavy atom. The number of carbonyl (C=O) groups excluding carboxylic acids is 1. The molecule has 4 rings (SSSR count). The lowest BCUT2D eigenvalue weighted by atomic mass is 10.1. The van der Waals surface area contributed by atoms with E-state index in [4.69, 9.17) is 0 Å². The van der Waals surface area contributed by atoms with Crippen LogP contribution in [0.15, 0.2) is 66.9 Å². The first-order chi connectivity index (χ1) is 11.7. The molecule has 2 aromatic carbocycles. The number of fused-ring (bicyclic) bond motifs is 2. The molecule has 2 heterocycles. The summed E-state index contributed by atoms with van der Waals surface area (Å²) in [4.78, 5) is 17.0. The van der Waals surface area contributed by atoms with Crippen molar-refractivity contribution >= 4 is 11.5 Å². The zero-order chi connectivity index (χ0) is 16.5. The summed E-state index contributed by atoms with van der Waals surface area (Å²) < 4.78 is 0. The van der Waals surface area contributed by atoms with Crippen LogP contribution in [-0.4, -0.2) is 35.9 Å². The molecule has 0 radical (unpaired) electrons. The first-order valence-corrected chi connectivity index (χ1v) is 8.57. The predicted octanol–water partition coefficient (Wildman–Crippen LogP) is 3.65. The SMILES string of the molecule is Cc1ccc(N2C[C@H]3C[C@@H]2CN3/C=C/C(=O)c2ccccc2)cc1. The summed E-state index contributed by atoms with van der Waals surface area (Å²) in [5, 5.41) is 0. The van der Waals surface area contributed by atoms with Gasteiger partial charge in [0.25, 0.3) is 0 Å². The predicted molar refractivity (Wildman–Crippen MR) is 97.3 cm³/mol. The van der Waals surface area contributed by atoms with Crippen molar-refractivity contribution in [1.29, 1.82) is 0 Å². The second-order valence-electron chi connectivity index (χ2n) is 6.77. The first kappa shape index (κ1) is 15.0. The summed E-state index contributed by atoms with van der Waals surface area (Å²) >= 11 is 0. The minimum Gasteiger partial charge on any atom is -0.370 e. The third-order valence-electron chi connectivity index (χ3n) is 5.12. The molecular weight excluding hydrogens is 296 g/mol. The Balaban J connectivity index is 1.40. The average Bonchev–Trinajstić information content (AvgIpc) is 3.21. The number of likely N-dealkylation sites (tertiary alicyclic amines) is 1. The Kier molecular flexibility index (Phi) is 3.85. The maximum atomic E-state index is 12.2. The van der Waals surface area contributed by atoms with Gasteiger partial charge in [0, 0.05) is 48.7 Å². The Morgan fingerprint density at radius 2 is 1.75 bits per heavy atom. The molecule has 2 aromatic rings. The summed E-state index contributed by atoms with van der Waals surface area (Å²) in [6.07, 6.45) is 4.89. The normalized spacial score (nSPS) is 22.5. The van der Waals surface area contributed by atoms with Gasteiger partial charge in [-0.3, -0.25) is 4.79 Å². The zero-order valence-electron chi connectivity index (χ0n) is 13.9. The van der Waals surface area contributed by atoms with Crippen molar-refractivity contribution in [1.82, 2.24) is 4.90 Å². The van der Waals surface area contributed by atoms with Gasteiger partial charge in [0.05, 0.1) is 0 Å². The molecule has 0 spiro atoms. The van der Waals surface area contributed by atoms with Gasteiger partial charge in [0.1, 0.15) is 0 Å². The standard InChI is InChI=1S/C21H22N2O/c1-16-7-9-18(10-8-16)23-15-19-13-20(23)14-22(19)12-11-21(24)17-5-3-2-4-6-17/h2-12,19-20H,13-15H2,1H3/b12-11+/t19-,20-/m1/s1. The maximum absolute atomic E-state index is 12.2. The van der Waals surface area contributed by atoms with Crippen molar-refractivity contribution in [2.75, 3.05) is 18.0 Å². The third-order valence-corrected chi connectivity index (χ3v) is 5.12. The molecule has 0 saturated carbocycles. The summed E-state index contributed by atoms with van der Waals surface area (Å²) in [6, 6.07) is 19.3.